The Morgan fingerprint density at radius 3 is 2.84 bits per heavy atom. The van der Waals surface area contributed by atoms with Crippen molar-refractivity contribution in [2.45, 2.75) is 19.3 Å². The molecule has 19 heavy (non-hydrogen) atoms. The topological polar surface area (TPSA) is 32.3 Å². The van der Waals surface area contributed by atoms with E-state index in [2.05, 4.69) is 22.9 Å². The Balaban J connectivity index is 2.09. The van der Waals surface area contributed by atoms with Gasteiger partial charge in [-0.1, -0.05) is 24.2 Å². The number of halogens is 1. The van der Waals surface area contributed by atoms with Crippen LogP contribution < -0.4 is 10.2 Å². The Labute approximate surface area is 119 Å². The van der Waals surface area contributed by atoms with E-state index in [0.717, 1.165) is 30.1 Å². The second kappa shape index (κ2) is 6.62. The summed E-state index contributed by atoms with van der Waals surface area (Å²) in [6.07, 6.45) is 4.50. The van der Waals surface area contributed by atoms with Crippen molar-refractivity contribution in [3.8, 4) is 0 Å². The number of anilines is 1. The van der Waals surface area contributed by atoms with Crippen LogP contribution in [0.3, 0.4) is 0 Å². The van der Waals surface area contributed by atoms with E-state index in [0.29, 0.717) is 6.54 Å². The van der Waals surface area contributed by atoms with Crippen molar-refractivity contribution in [2.75, 3.05) is 24.5 Å². The molecule has 1 aliphatic heterocycles. The van der Waals surface area contributed by atoms with Crippen molar-refractivity contribution in [2.24, 2.45) is 0 Å². The Morgan fingerprint density at radius 1 is 1.42 bits per heavy atom. The molecule has 0 unspecified atom stereocenters. The van der Waals surface area contributed by atoms with Gasteiger partial charge in [0.2, 0.25) is 5.91 Å². The van der Waals surface area contributed by atoms with E-state index in [-0.39, 0.29) is 5.91 Å². The second-order valence-electron chi connectivity index (χ2n) is 4.68. The molecule has 1 aromatic rings. The lowest BCUT2D eigenvalue weighted by Crippen LogP contribution is -2.25. The van der Waals surface area contributed by atoms with Crippen LogP contribution in [0.25, 0.3) is 0 Å². The van der Waals surface area contributed by atoms with E-state index in [1.165, 1.54) is 24.6 Å². The molecule has 1 heterocycles. The summed E-state index contributed by atoms with van der Waals surface area (Å²) in [5.74, 6) is -0.144. The maximum absolute atomic E-state index is 11.2. The van der Waals surface area contributed by atoms with Gasteiger partial charge in [-0.2, -0.15) is 0 Å². The van der Waals surface area contributed by atoms with Crippen LogP contribution in [0.1, 0.15) is 18.4 Å². The molecule has 2 rings (SSSR count). The van der Waals surface area contributed by atoms with Crippen LogP contribution in [0.2, 0.25) is 5.02 Å². The van der Waals surface area contributed by atoms with E-state index < -0.39 is 0 Å². The molecule has 1 aromatic carbocycles. The maximum atomic E-state index is 11.2. The normalized spacial score (nSPS) is 14.5. The number of rotatable bonds is 5. The summed E-state index contributed by atoms with van der Waals surface area (Å²) in [6.45, 7) is 6.20. The van der Waals surface area contributed by atoms with Gasteiger partial charge < -0.3 is 10.2 Å². The van der Waals surface area contributed by atoms with Crippen LogP contribution in [-0.2, 0) is 11.2 Å². The second-order valence-corrected chi connectivity index (χ2v) is 5.08. The van der Waals surface area contributed by atoms with Crippen LogP contribution in [0.4, 0.5) is 5.69 Å². The largest absolute Gasteiger partial charge is 0.371 e. The molecule has 1 N–H and O–H groups in total. The molecule has 0 saturated carbocycles. The molecule has 102 valence electrons. The fourth-order valence-electron chi connectivity index (χ4n) is 2.43. The van der Waals surface area contributed by atoms with Crippen molar-refractivity contribution in [1.82, 2.24) is 5.32 Å². The van der Waals surface area contributed by atoms with E-state index in [1.807, 2.05) is 12.1 Å². The lowest BCUT2D eigenvalue weighted by Gasteiger charge is -2.22. The first-order valence-corrected chi connectivity index (χ1v) is 7.03. The summed E-state index contributed by atoms with van der Waals surface area (Å²) in [6, 6.07) is 6.01. The Kier molecular flexibility index (Phi) is 4.86. The van der Waals surface area contributed by atoms with Gasteiger partial charge in [0, 0.05) is 30.3 Å². The zero-order valence-corrected chi connectivity index (χ0v) is 11.7. The Hall–Kier alpha value is -1.48. The molecule has 1 saturated heterocycles. The summed E-state index contributed by atoms with van der Waals surface area (Å²) in [7, 11) is 0. The molecular formula is C15H19ClN2O. The fourth-order valence-corrected chi connectivity index (χ4v) is 2.70. The minimum atomic E-state index is -0.144. The minimum Gasteiger partial charge on any atom is -0.371 e. The van der Waals surface area contributed by atoms with Gasteiger partial charge in [-0.3, -0.25) is 4.79 Å². The molecule has 1 aliphatic rings. The monoisotopic (exact) mass is 278 g/mol. The van der Waals surface area contributed by atoms with Gasteiger partial charge in [0.05, 0.1) is 0 Å². The summed E-state index contributed by atoms with van der Waals surface area (Å²) < 4.78 is 0. The molecule has 0 aromatic heterocycles. The smallest absolute Gasteiger partial charge is 0.243 e. The third kappa shape index (κ3) is 3.51. The number of carbonyl (C=O) groups excluding carboxylic acids is 1. The zero-order chi connectivity index (χ0) is 13.7. The van der Waals surface area contributed by atoms with Crippen LogP contribution in [-0.4, -0.2) is 25.5 Å². The van der Waals surface area contributed by atoms with Gasteiger partial charge in [0.1, 0.15) is 0 Å². The molecule has 3 nitrogen and oxygen atoms in total. The van der Waals surface area contributed by atoms with E-state index in [9.17, 15) is 4.79 Å². The van der Waals surface area contributed by atoms with Gasteiger partial charge in [0.15, 0.2) is 0 Å². The molecule has 0 spiro atoms. The first kappa shape index (κ1) is 13.9. The predicted octanol–water partition coefficient (Wildman–Crippen LogP) is 2.78. The average molecular weight is 279 g/mol. The molecule has 1 amide bonds. The molecule has 0 aliphatic carbocycles. The summed E-state index contributed by atoms with van der Waals surface area (Å²) in [5.41, 5.74) is 2.33. The van der Waals surface area contributed by atoms with Crippen molar-refractivity contribution in [3.63, 3.8) is 0 Å². The lowest BCUT2D eigenvalue weighted by atomic mass is 10.1. The quantitative estimate of drug-likeness (QED) is 0.840. The van der Waals surface area contributed by atoms with Crippen LogP contribution in [0.15, 0.2) is 30.9 Å². The van der Waals surface area contributed by atoms with Crippen molar-refractivity contribution < 1.29 is 4.79 Å². The number of hydrogen-bond donors (Lipinski definition) is 1. The van der Waals surface area contributed by atoms with E-state index in [1.54, 1.807) is 0 Å². The van der Waals surface area contributed by atoms with Crippen LogP contribution in [0, 0.1) is 0 Å². The highest BCUT2D eigenvalue weighted by atomic mass is 35.5. The van der Waals surface area contributed by atoms with Gasteiger partial charge in [-0.15, -0.1) is 0 Å². The standard InChI is InChI=1S/C15H19ClN2O/c1-2-15(19)17-9-8-12-13(16)6-5-7-14(12)18-10-3-4-11-18/h2,5-7H,1,3-4,8-11H2,(H,17,19). The number of carbonyl (C=O) groups is 1. The average Bonchev–Trinajstić information content (AvgIpc) is 2.94. The third-order valence-electron chi connectivity index (χ3n) is 3.40. The number of nitrogens with zero attached hydrogens (tertiary/aromatic N) is 1. The molecule has 1 fully saturated rings. The number of amides is 1. The molecule has 0 bridgehead atoms. The lowest BCUT2D eigenvalue weighted by molar-refractivity contribution is -0.116. The summed E-state index contributed by atoms with van der Waals surface area (Å²) in [4.78, 5) is 13.5. The summed E-state index contributed by atoms with van der Waals surface area (Å²) >= 11 is 6.30. The zero-order valence-electron chi connectivity index (χ0n) is 11.0. The van der Waals surface area contributed by atoms with Crippen LogP contribution in [0.5, 0.6) is 0 Å². The molecule has 0 radical (unpaired) electrons. The highest BCUT2D eigenvalue weighted by Crippen LogP contribution is 2.30. The molecule has 0 atom stereocenters. The van der Waals surface area contributed by atoms with Crippen molar-refractivity contribution >= 4 is 23.2 Å². The van der Waals surface area contributed by atoms with Gasteiger partial charge in [0.25, 0.3) is 0 Å². The van der Waals surface area contributed by atoms with Gasteiger partial charge in [-0.05, 0) is 43.0 Å². The minimum absolute atomic E-state index is 0.144. The SMILES string of the molecule is C=CC(=O)NCCc1c(Cl)cccc1N1CCCC1. The Bertz CT molecular complexity index is 467. The molecular weight excluding hydrogens is 260 g/mol. The van der Waals surface area contributed by atoms with Gasteiger partial charge >= 0.3 is 0 Å². The van der Waals surface area contributed by atoms with Crippen molar-refractivity contribution in [3.05, 3.63) is 41.4 Å². The van der Waals surface area contributed by atoms with Crippen molar-refractivity contribution in [1.29, 1.82) is 0 Å². The fraction of sp³-hybridized carbons (Fsp3) is 0.400. The van der Waals surface area contributed by atoms with Crippen LogP contribution >= 0.6 is 11.6 Å². The summed E-state index contributed by atoms with van der Waals surface area (Å²) in [5, 5.41) is 3.57. The predicted molar refractivity (Wildman–Crippen MR) is 79.8 cm³/mol. The van der Waals surface area contributed by atoms with E-state index >= 15 is 0 Å². The first-order chi connectivity index (χ1) is 9.22. The van der Waals surface area contributed by atoms with Gasteiger partial charge in [-0.25, -0.2) is 0 Å². The first-order valence-electron chi connectivity index (χ1n) is 6.65. The van der Waals surface area contributed by atoms with E-state index in [4.69, 9.17) is 11.6 Å². The Morgan fingerprint density at radius 2 is 2.16 bits per heavy atom. The number of nitrogens with one attached hydrogen (secondary N) is 1. The number of hydrogen-bond acceptors (Lipinski definition) is 2. The third-order valence-corrected chi connectivity index (χ3v) is 3.75. The highest BCUT2D eigenvalue weighted by Gasteiger charge is 2.17. The maximum Gasteiger partial charge on any atom is 0.243 e. The number of benzene rings is 1. The highest BCUT2D eigenvalue weighted by molar-refractivity contribution is 6.31. The molecule has 4 heteroatoms.